The molecule has 0 aromatic rings. The van der Waals surface area contributed by atoms with E-state index < -0.39 is 4.93 Å². The number of ether oxygens (including phenoxy) is 1. The van der Waals surface area contributed by atoms with Crippen molar-refractivity contribution >= 4 is 17.7 Å². The normalized spacial score (nSPS) is 34.2. The zero-order chi connectivity index (χ0) is 19.0. The molecule has 0 bridgehead atoms. The van der Waals surface area contributed by atoms with E-state index in [1.807, 2.05) is 0 Å². The van der Waals surface area contributed by atoms with E-state index in [4.69, 9.17) is 0 Å². The lowest BCUT2D eigenvalue weighted by atomic mass is 9.86. The molecule has 2 aliphatic rings. The number of unbranched alkanes of at least 4 members (excludes halogenated alkanes) is 3. The lowest BCUT2D eigenvalue weighted by Gasteiger charge is -2.39. The van der Waals surface area contributed by atoms with E-state index in [1.165, 1.54) is 20.0 Å². The topological polar surface area (TPSA) is 66.8 Å². The van der Waals surface area contributed by atoms with Gasteiger partial charge in [0.1, 0.15) is 4.93 Å². The quantitative estimate of drug-likeness (QED) is 0.331. The van der Waals surface area contributed by atoms with Crippen LogP contribution in [0.4, 0.5) is 0 Å². The first-order chi connectivity index (χ1) is 12.5. The second-order valence-corrected chi connectivity index (χ2v) is 9.51. The number of fused-ring (bicyclic) bond motifs is 1. The second-order valence-electron chi connectivity index (χ2n) is 7.90. The van der Waals surface area contributed by atoms with Crippen LogP contribution >= 0.6 is 11.8 Å². The Bertz CT molecular complexity index is 467. The minimum atomic E-state index is -0.575. The van der Waals surface area contributed by atoms with Crippen LogP contribution in [0.25, 0.3) is 0 Å². The van der Waals surface area contributed by atoms with Crippen LogP contribution in [0.2, 0.25) is 0 Å². The summed E-state index contributed by atoms with van der Waals surface area (Å²) in [7, 11) is 1.42. The summed E-state index contributed by atoms with van der Waals surface area (Å²) in [4.78, 5) is 10.5. The molecule has 5 heteroatoms. The largest absolute Gasteiger partial charge is 0.469 e. The van der Waals surface area contributed by atoms with Crippen molar-refractivity contribution in [1.29, 1.82) is 0 Å². The fourth-order valence-electron chi connectivity index (χ4n) is 4.42. The molecule has 2 unspecified atom stereocenters. The zero-order valence-electron chi connectivity index (χ0n) is 16.4. The molecule has 2 N–H and O–H groups in total. The van der Waals surface area contributed by atoms with Crippen LogP contribution in [0.5, 0.6) is 0 Å². The molecule has 0 aromatic heterocycles. The highest BCUT2D eigenvalue weighted by molar-refractivity contribution is 8.01. The van der Waals surface area contributed by atoms with Gasteiger partial charge in [-0.1, -0.05) is 31.9 Å². The highest BCUT2D eigenvalue weighted by atomic mass is 32.2. The molecule has 2 rings (SSSR count). The number of allylic oxidation sites excluding steroid dienone is 2. The third-order valence-corrected chi connectivity index (χ3v) is 7.65. The first-order valence-electron chi connectivity index (χ1n) is 10.3. The number of aliphatic hydroxyl groups is 2. The third kappa shape index (κ3) is 6.28. The first-order valence-corrected chi connectivity index (χ1v) is 11.2. The summed E-state index contributed by atoms with van der Waals surface area (Å²) in [5.74, 6) is 0.670. The van der Waals surface area contributed by atoms with Gasteiger partial charge in [-0.2, -0.15) is 0 Å². The maximum atomic E-state index is 11.1. The number of esters is 1. The maximum absolute atomic E-state index is 11.1. The van der Waals surface area contributed by atoms with E-state index in [9.17, 15) is 15.0 Å². The van der Waals surface area contributed by atoms with Gasteiger partial charge in [-0.15, -0.1) is 11.8 Å². The van der Waals surface area contributed by atoms with Crippen LogP contribution in [0.1, 0.15) is 77.6 Å². The summed E-state index contributed by atoms with van der Waals surface area (Å²) >= 11 is 1.74. The molecule has 0 amide bonds. The molecule has 0 radical (unpaired) electrons. The lowest BCUT2D eigenvalue weighted by Crippen LogP contribution is -2.36. The standard InChI is InChI=1S/C21H36O4S/c1-3-4-9-13-21(24)14-12-17-16(18(22)15-19(17)26-21)10-7-5-6-8-11-20(23)25-2/h5,7,16-19,22,24H,3-4,6,8-15H2,1-2H3/t16?,17-,18+,19-,21?/m1/s1. The van der Waals surface area contributed by atoms with Gasteiger partial charge in [0.2, 0.25) is 0 Å². The Balaban J connectivity index is 1.76. The molecular weight excluding hydrogens is 348 g/mol. The summed E-state index contributed by atoms with van der Waals surface area (Å²) < 4.78 is 4.64. The Hall–Kier alpha value is -0.520. The second kappa shape index (κ2) is 10.7. The number of carbonyl (C=O) groups is 1. The van der Waals surface area contributed by atoms with Crippen LogP contribution in [0, 0.1) is 11.8 Å². The van der Waals surface area contributed by atoms with Crippen molar-refractivity contribution in [3.63, 3.8) is 0 Å². The van der Waals surface area contributed by atoms with Crippen LogP contribution < -0.4 is 0 Å². The SMILES string of the molecule is CCCCCC1(O)CC[C@@H]2C(CC=CCCCC(=O)OC)[C@@H](O)C[C@H]2S1. The van der Waals surface area contributed by atoms with Crippen molar-refractivity contribution in [2.24, 2.45) is 11.8 Å². The molecule has 1 saturated heterocycles. The molecule has 2 fully saturated rings. The highest BCUT2D eigenvalue weighted by Crippen LogP contribution is 2.54. The smallest absolute Gasteiger partial charge is 0.305 e. The number of hydrogen-bond donors (Lipinski definition) is 2. The summed E-state index contributed by atoms with van der Waals surface area (Å²) in [6.07, 6.45) is 14.1. The molecule has 1 aliphatic carbocycles. The molecule has 0 spiro atoms. The van der Waals surface area contributed by atoms with Gasteiger partial charge in [0.25, 0.3) is 0 Å². The summed E-state index contributed by atoms with van der Waals surface area (Å²) in [6.45, 7) is 2.19. The Kier molecular flexibility index (Phi) is 8.98. The predicted molar refractivity (Wildman–Crippen MR) is 107 cm³/mol. The predicted octanol–water partition coefficient (Wildman–Crippen LogP) is 4.44. The molecule has 1 saturated carbocycles. The summed E-state index contributed by atoms with van der Waals surface area (Å²) in [6, 6.07) is 0. The molecule has 0 aromatic carbocycles. The number of carbonyl (C=O) groups excluding carboxylic acids is 1. The number of hydrogen-bond acceptors (Lipinski definition) is 5. The number of aliphatic hydroxyl groups excluding tert-OH is 1. The molecule has 4 nitrogen and oxygen atoms in total. The average Bonchev–Trinajstić information content (AvgIpc) is 2.91. The maximum Gasteiger partial charge on any atom is 0.305 e. The minimum absolute atomic E-state index is 0.155. The summed E-state index contributed by atoms with van der Waals surface area (Å²) in [5.41, 5.74) is 0. The number of rotatable bonds is 10. The molecule has 1 aliphatic heterocycles. The number of methoxy groups -OCH3 is 1. The van der Waals surface area contributed by atoms with Gasteiger partial charge in [0.05, 0.1) is 13.2 Å². The number of thioether (sulfide) groups is 1. The Morgan fingerprint density at radius 1 is 1.31 bits per heavy atom. The van der Waals surface area contributed by atoms with Gasteiger partial charge in [0.15, 0.2) is 0 Å². The third-order valence-electron chi connectivity index (χ3n) is 5.96. The van der Waals surface area contributed by atoms with Gasteiger partial charge >= 0.3 is 5.97 Å². The van der Waals surface area contributed by atoms with Crippen LogP contribution in [-0.2, 0) is 9.53 Å². The monoisotopic (exact) mass is 384 g/mol. The lowest BCUT2D eigenvalue weighted by molar-refractivity contribution is -0.140. The van der Waals surface area contributed by atoms with E-state index in [0.717, 1.165) is 51.4 Å². The molecular formula is C21H36O4S. The van der Waals surface area contributed by atoms with Crippen molar-refractivity contribution in [2.75, 3.05) is 7.11 Å². The Labute approximate surface area is 162 Å². The molecule has 1 heterocycles. The van der Waals surface area contributed by atoms with E-state index >= 15 is 0 Å². The Morgan fingerprint density at radius 2 is 2.12 bits per heavy atom. The van der Waals surface area contributed by atoms with E-state index in [2.05, 4.69) is 23.8 Å². The van der Waals surface area contributed by atoms with Crippen LogP contribution in [0.3, 0.4) is 0 Å². The van der Waals surface area contributed by atoms with Crippen molar-refractivity contribution in [2.45, 2.75) is 93.8 Å². The first kappa shape index (κ1) is 21.8. The Morgan fingerprint density at radius 3 is 2.85 bits per heavy atom. The minimum Gasteiger partial charge on any atom is -0.469 e. The van der Waals surface area contributed by atoms with Crippen LogP contribution in [-0.4, -0.2) is 39.6 Å². The van der Waals surface area contributed by atoms with E-state index in [-0.39, 0.29) is 12.1 Å². The van der Waals surface area contributed by atoms with Crippen molar-refractivity contribution in [3.8, 4) is 0 Å². The van der Waals surface area contributed by atoms with Gasteiger partial charge in [-0.05, 0) is 63.2 Å². The van der Waals surface area contributed by atoms with Gasteiger partial charge in [-0.25, -0.2) is 0 Å². The fraction of sp³-hybridized carbons (Fsp3) is 0.857. The molecule has 150 valence electrons. The molecule has 5 atom stereocenters. The van der Waals surface area contributed by atoms with Gasteiger partial charge < -0.3 is 14.9 Å². The van der Waals surface area contributed by atoms with Gasteiger partial charge in [0, 0.05) is 11.7 Å². The summed E-state index contributed by atoms with van der Waals surface area (Å²) in [5, 5.41) is 21.8. The van der Waals surface area contributed by atoms with Crippen molar-refractivity contribution < 1.29 is 19.7 Å². The highest BCUT2D eigenvalue weighted by Gasteiger charge is 2.49. The van der Waals surface area contributed by atoms with Crippen molar-refractivity contribution in [1.82, 2.24) is 0 Å². The van der Waals surface area contributed by atoms with E-state index in [1.54, 1.807) is 11.8 Å². The van der Waals surface area contributed by atoms with E-state index in [0.29, 0.717) is 23.5 Å². The fourth-order valence-corrected chi connectivity index (χ4v) is 6.29. The average molecular weight is 385 g/mol. The zero-order valence-corrected chi connectivity index (χ0v) is 17.2. The van der Waals surface area contributed by atoms with Gasteiger partial charge in [-0.3, -0.25) is 4.79 Å². The van der Waals surface area contributed by atoms with Crippen molar-refractivity contribution in [3.05, 3.63) is 12.2 Å². The molecule has 26 heavy (non-hydrogen) atoms. The van der Waals surface area contributed by atoms with Crippen LogP contribution in [0.15, 0.2) is 12.2 Å².